The number of rotatable bonds is 0. The van der Waals surface area contributed by atoms with Crippen molar-refractivity contribution in [1.29, 1.82) is 0 Å². The molecule has 1 aromatic heterocycles. The van der Waals surface area contributed by atoms with Gasteiger partial charge in [-0.3, -0.25) is 4.57 Å². The highest BCUT2D eigenvalue weighted by atomic mass is 32.2. The third-order valence-electron chi connectivity index (χ3n) is 4.65. The normalized spacial score (nSPS) is 16.1. The number of benzene rings is 2. The molecule has 3 aromatic rings. The van der Waals surface area contributed by atoms with Gasteiger partial charge in [0, 0.05) is 10.5 Å². The van der Waals surface area contributed by atoms with Crippen LogP contribution in [-0.2, 0) is 0 Å². The number of fused-ring (bicyclic) bond motifs is 2. The first kappa shape index (κ1) is 15.5. The Balaban J connectivity index is 2.01. The van der Waals surface area contributed by atoms with Gasteiger partial charge in [-0.05, 0) is 57.4 Å². The number of imidazole rings is 1. The van der Waals surface area contributed by atoms with Gasteiger partial charge >= 0.3 is 0 Å². The Bertz CT molecular complexity index is 996. The summed E-state index contributed by atoms with van der Waals surface area (Å²) in [7, 11) is 0. The molecule has 4 rings (SSSR count). The molecular weight excluding hydrogens is 314 g/mol. The molecule has 0 spiro atoms. The molecule has 0 amide bonds. The molecule has 0 bridgehead atoms. The zero-order valence-electron chi connectivity index (χ0n) is 14.7. The second-order valence-electron chi connectivity index (χ2n) is 6.93. The van der Waals surface area contributed by atoms with Gasteiger partial charge in [0.15, 0.2) is 0 Å². The molecule has 1 aliphatic heterocycles. The lowest BCUT2D eigenvalue weighted by atomic mass is 10.1. The van der Waals surface area contributed by atoms with Gasteiger partial charge in [0.05, 0.1) is 11.0 Å². The minimum Gasteiger partial charge on any atom is -0.283 e. The van der Waals surface area contributed by atoms with Crippen molar-refractivity contribution in [3.05, 3.63) is 58.9 Å². The van der Waals surface area contributed by atoms with E-state index in [1.54, 1.807) is 0 Å². The topological polar surface area (TPSA) is 30.2 Å². The Morgan fingerprint density at radius 3 is 2.58 bits per heavy atom. The minimum absolute atomic E-state index is 0.190. The van der Waals surface area contributed by atoms with Gasteiger partial charge < -0.3 is 0 Å². The predicted octanol–water partition coefficient (Wildman–Crippen LogP) is 5.10. The third kappa shape index (κ3) is 2.28. The fourth-order valence-corrected chi connectivity index (χ4v) is 4.36. The van der Waals surface area contributed by atoms with Crippen LogP contribution in [0.15, 0.2) is 46.5 Å². The van der Waals surface area contributed by atoms with Crippen LogP contribution in [0.3, 0.4) is 0 Å². The summed E-state index contributed by atoms with van der Waals surface area (Å²) in [6, 6.07) is 10.8. The fourth-order valence-electron chi connectivity index (χ4n) is 3.23. The average molecular weight is 335 g/mol. The minimum atomic E-state index is -0.190. The van der Waals surface area contributed by atoms with E-state index in [1.807, 2.05) is 18.1 Å². The highest BCUT2D eigenvalue weighted by Crippen LogP contribution is 2.42. The molecule has 122 valence electrons. The maximum Gasteiger partial charge on any atom is 0.143 e. The van der Waals surface area contributed by atoms with E-state index in [0.717, 1.165) is 16.9 Å². The van der Waals surface area contributed by atoms with Gasteiger partial charge in [0.25, 0.3) is 0 Å². The summed E-state index contributed by atoms with van der Waals surface area (Å²) >= 11 is 1.83. The smallest absolute Gasteiger partial charge is 0.143 e. The highest BCUT2D eigenvalue weighted by Gasteiger charge is 2.30. The second kappa shape index (κ2) is 5.21. The van der Waals surface area contributed by atoms with Gasteiger partial charge in [-0.15, -0.1) is 0 Å². The molecule has 0 radical (unpaired) electrons. The van der Waals surface area contributed by atoms with Gasteiger partial charge in [-0.1, -0.05) is 36.0 Å². The molecule has 0 fully saturated rings. The zero-order chi connectivity index (χ0) is 17.1. The summed E-state index contributed by atoms with van der Waals surface area (Å²) in [5.41, 5.74) is 7.17. The van der Waals surface area contributed by atoms with Crippen LogP contribution < -0.4 is 0 Å². The van der Waals surface area contributed by atoms with Gasteiger partial charge in [0.1, 0.15) is 17.0 Å². The van der Waals surface area contributed by atoms with E-state index in [4.69, 9.17) is 4.99 Å². The van der Waals surface area contributed by atoms with Crippen LogP contribution in [0.4, 0.5) is 0 Å². The van der Waals surface area contributed by atoms with E-state index >= 15 is 0 Å². The molecule has 0 aliphatic carbocycles. The number of aryl methyl sites for hydroxylation is 3. The van der Waals surface area contributed by atoms with Crippen molar-refractivity contribution in [2.75, 3.05) is 0 Å². The van der Waals surface area contributed by atoms with Crippen LogP contribution in [0.1, 0.15) is 36.1 Å². The Hall–Kier alpha value is -2.07. The molecule has 2 heterocycles. The molecule has 0 saturated heterocycles. The molecule has 0 saturated carbocycles. The molecule has 0 unspecified atom stereocenters. The van der Waals surface area contributed by atoms with Crippen molar-refractivity contribution in [1.82, 2.24) is 9.55 Å². The van der Waals surface area contributed by atoms with Crippen LogP contribution in [0, 0.1) is 20.8 Å². The van der Waals surface area contributed by atoms with E-state index in [-0.39, 0.29) is 4.87 Å². The van der Waals surface area contributed by atoms with Crippen molar-refractivity contribution >= 4 is 28.6 Å². The SMILES string of the molecule is Cc1cccc2c1SC(C)(C)N=C2n1cnc2c(C)c(C)ccc21. The number of hydrogen-bond acceptors (Lipinski definition) is 3. The van der Waals surface area contributed by atoms with Gasteiger partial charge in [-0.2, -0.15) is 0 Å². The summed E-state index contributed by atoms with van der Waals surface area (Å²) in [4.78, 5) is 10.8. The maximum absolute atomic E-state index is 5.04. The van der Waals surface area contributed by atoms with Crippen molar-refractivity contribution in [3.63, 3.8) is 0 Å². The van der Waals surface area contributed by atoms with Gasteiger partial charge in [0.2, 0.25) is 0 Å². The Labute approximate surface area is 146 Å². The Kier molecular flexibility index (Phi) is 3.36. The van der Waals surface area contributed by atoms with E-state index in [2.05, 4.69) is 74.5 Å². The highest BCUT2D eigenvalue weighted by molar-refractivity contribution is 8.00. The molecule has 0 atom stereocenters. The first-order valence-corrected chi connectivity index (χ1v) is 9.01. The van der Waals surface area contributed by atoms with Crippen molar-refractivity contribution in [2.24, 2.45) is 4.99 Å². The van der Waals surface area contributed by atoms with Crippen molar-refractivity contribution in [2.45, 2.75) is 44.4 Å². The summed E-state index contributed by atoms with van der Waals surface area (Å²) in [6.07, 6.45) is 1.91. The number of hydrogen-bond donors (Lipinski definition) is 0. The van der Waals surface area contributed by atoms with Crippen LogP contribution in [-0.4, -0.2) is 20.3 Å². The average Bonchev–Trinajstić information content (AvgIpc) is 2.95. The lowest BCUT2D eigenvalue weighted by molar-refractivity contribution is 0.747. The van der Waals surface area contributed by atoms with Crippen LogP contribution >= 0.6 is 11.8 Å². The third-order valence-corrected chi connectivity index (χ3v) is 5.99. The largest absolute Gasteiger partial charge is 0.283 e. The molecule has 3 nitrogen and oxygen atoms in total. The number of thioether (sulfide) groups is 1. The number of aromatic nitrogens is 2. The lowest BCUT2D eigenvalue weighted by Gasteiger charge is -2.29. The Morgan fingerprint density at radius 1 is 1.00 bits per heavy atom. The van der Waals surface area contributed by atoms with Crippen LogP contribution in [0.2, 0.25) is 0 Å². The van der Waals surface area contributed by atoms with E-state index in [9.17, 15) is 0 Å². The molecular formula is C20H21N3S. The van der Waals surface area contributed by atoms with Crippen LogP contribution in [0.25, 0.3) is 11.0 Å². The molecule has 24 heavy (non-hydrogen) atoms. The maximum atomic E-state index is 5.04. The van der Waals surface area contributed by atoms with Crippen molar-refractivity contribution in [3.8, 4) is 0 Å². The van der Waals surface area contributed by atoms with Crippen LogP contribution in [0.5, 0.6) is 0 Å². The standard InChI is InChI=1S/C20H21N3S/c1-12-9-10-16-17(14(12)3)21-11-23(16)19-15-8-6-7-13(2)18(15)24-20(4,5)22-19/h6-11H,1-5H3. The first-order chi connectivity index (χ1) is 11.4. The zero-order valence-corrected chi connectivity index (χ0v) is 15.5. The van der Waals surface area contributed by atoms with Crippen molar-refractivity contribution < 1.29 is 0 Å². The van der Waals surface area contributed by atoms with Gasteiger partial charge in [-0.25, -0.2) is 9.98 Å². The number of aliphatic imine (C=N–C) groups is 1. The summed E-state index contributed by atoms with van der Waals surface area (Å²) < 4.78 is 2.14. The van der Waals surface area contributed by atoms with E-state index < -0.39 is 0 Å². The number of nitrogens with zero attached hydrogens (tertiary/aromatic N) is 3. The molecule has 0 N–H and O–H groups in total. The fraction of sp³-hybridized carbons (Fsp3) is 0.300. The van der Waals surface area contributed by atoms with E-state index in [1.165, 1.54) is 27.1 Å². The Morgan fingerprint density at radius 2 is 1.79 bits per heavy atom. The molecule has 1 aliphatic rings. The first-order valence-electron chi connectivity index (χ1n) is 8.20. The summed E-state index contributed by atoms with van der Waals surface area (Å²) in [6.45, 7) is 10.8. The quantitative estimate of drug-likeness (QED) is 0.572. The summed E-state index contributed by atoms with van der Waals surface area (Å²) in [5.74, 6) is 0.989. The second-order valence-corrected chi connectivity index (χ2v) is 8.54. The van der Waals surface area contributed by atoms with E-state index in [0.29, 0.717) is 0 Å². The molecule has 4 heteroatoms. The lowest BCUT2D eigenvalue weighted by Crippen LogP contribution is -2.26. The monoisotopic (exact) mass is 335 g/mol. The molecule has 2 aromatic carbocycles. The summed E-state index contributed by atoms with van der Waals surface area (Å²) in [5, 5.41) is 0. The predicted molar refractivity (Wildman–Crippen MR) is 102 cm³/mol.